The van der Waals surface area contributed by atoms with Crippen LogP contribution in [0.4, 0.5) is 0 Å². The van der Waals surface area contributed by atoms with Crippen LogP contribution in [-0.2, 0) is 4.84 Å². The summed E-state index contributed by atoms with van der Waals surface area (Å²) in [6.45, 7) is 1.57. The molecule has 0 aromatic rings. The normalized spacial score (nSPS) is 25.0. The van der Waals surface area contributed by atoms with Gasteiger partial charge in [-0.3, -0.25) is 0 Å². The van der Waals surface area contributed by atoms with Crippen LogP contribution in [0.5, 0.6) is 0 Å². The van der Waals surface area contributed by atoms with Gasteiger partial charge in [0, 0.05) is 5.28 Å². The third-order valence-corrected chi connectivity index (χ3v) is 1.11. The average molecular weight is 114 g/mol. The van der Waals surface area contributed by atoms with Crippen molar-refractivity contribution in [2.45, 2.75) is 19.3 Å². The van der Waals surface area contributed by atoms with Crippen LogP contribution in [0, 0.1) is 0 Å². The van der Waals surface area contributed by atoms with Gasteiger partial charge < -0.3 is 4.84 Å². The number of nitrogens with zero attached hydrogens (tertiary/aromatic N) is 2. The predicted octanol–water partition coefficient (Wildman–Crippen LogP) is 1.55. The summed E-state index contributed by atoms with van der Waals surface area (Å²) in [4.78, 5) is 4.73. The maximum Gasteiger partial charge on any atom is 0.119 e. The Bertz CT molecular complexity index is 72.5. The summed E-state index contributed by atoms with van der Waals surface area (Å²) in [7, 11) is 0. The highest BCUT2D eigenvalue weighted by molar-refractivity contribution is 4.44. The first-order chi connectivity index (χ1) is 4.00. The third kappa shape index (κ3) is 1.91. The Morgan fingerprint density at radius 1 is 1.12 bits per heavy atom. The van der Waals surface area contributed by atoms with Gasteiger partial charge >= 0.3 is 0 Å². The zero-order chi connectivity index (χ0) is 5.66. The van der Waals surface area contributed by atoms with Crippen LogP contribution in [0.15, 0.2) is 10.4 Å². The van der Waals surface area contributed by atoms with Gasteiger partial charge in [-0.05, 0) is 19.3 Å². The summed E-state index contributed by atoms with van der Waals surface area (Å²) >= 11 is 0. The molecule has 0 atom stereocenters. The van der Waals surface area contributed by atoms with Crippen molar-refractivity contribution >= 4 is 0 Å². The molecule has 8 heavy (non-hydrogen) atoms. The minimum Gasteiger partial charge on any atom is -0.380 e. The molecule has 0 bridgehead atoms. The van der Waals surface area contributed by atoms with Crippen molar-refractivity contribution in [3.8, 4) is 0 Å². The largest absolute Gasteiger partial charge is 0.380 e. The molecule has 1 aliphatic rings. The van der Waals surface area contributed by atoms with Crippen molar-refractivity contribution < 1.29 is 4.84 Å². The minimum atomic E-state index is 0.740. The Labute approximate surface area is 48.7 Å². The van der Waals surface area contributed by atoms with Crippen LogP contribution in [0.1, 0.15) is 19.3 Å². The second-order valence-electron chi connectivity index (χ2n) is 1.84. The number of hydrogen-bond acceptors (Lipinski definition) is 3. The lowest BCUT2D eigenvalue weighted by Gasteiger charge is -2.00. The van der Waals surface area contributed by atoms with Crippen LogP contribution in [0.25, 0.3) is 0 Å². The van der Waals surface area contributed by atoms with Gasteiger partial charge in [-0.1, -0.05) is 0 Å². The first-order valence-electron chi connectivity index (χ1n) is 2.99. The van der Waals surface area contributed by atoms with E-state index in [4.69, 9.17) is 4.84 Å². The summed E-state index contributed by atoms with van der Waals surface area (Å²) in [6, 6.07) is 0. The summed E-state index contributed by atoms with van der Waals surface area (Å²) in [5.41, 5.74) is 0. The first kappa shape index (κ1) is 5.54. The van der Waals surface area contributed by atoms with Crippen molar-refractivity contribution in [2.75, 3.05) is 13.2 Å². The molecular formula is C5H10N2O. The van der Waals surface area contributed by atoms with Crippen molar-refractivity contribution in [1.82, 2.24) is 0 Å². The summed E-state index contributed by atoms with van der Waals surface area (Å²) in [6.07, 6.45) is 3.50. The molecule has 0 aromatic heterocycles. The highest BCUT2D eigenvalue weighted by atomic mass is 16.6. The van der Waals surface area contributed by atoms with Crippen molar-refractivity contribution in [1.29, 1.82) is 0 Å². The Morgan fingerprint density at radius 3 is 3.12 bits per heavy atom. The van der Waals surface area contributed by atoms with E-state index < -0.39 is 0 Å². The van der Waals surface area contributed by atoms with E-state index in [1.165, 1.54) is 6.42 Å². The fourth-order valence-electron chi connectivity index (χ4n) is 0.648. The van der Waals surface area contributed by atoms with Crippen molar-refractivity contribution in [3.63, 3.8) is 0 Å². The van der Waals surface area contributed by atoms with Crippen LogP contribution >= 0.6 is 0 Å². The molecule has 1 heterocycles. The smallest absolute Gasteiger partial charge is 0.119 e. The van der Waals surface area contributed by atoms with Crippen LogP contribution in [0.3, 0.4) is 0 Å². The van der Waals surface area contributed by atoms with Gasteiger partial charge in [0.1, 0.15) is 6.61 Å². The molecule has 3 heteroatoms. The maximum absolute atomic E-state index is 4.73. The molecule has 0 saturated carbocycles. The first-order valence-corrected chi connectivity index (χ1v) is 2.99. The average Bonchev–Trinajstić information content (AvgIpc) is 1.62. The Hall–Kier alpha value is -0.600. The molecule has 1 aliphatic heterocycles. The molecule has 0 unspecified atom stereocenters. The van der Waals surface area contributed by atoms with Gasteiger partial charge in [0.15, 0.2) is 0 Å². The van der Waals surface area contributed by atoms with E-state index in [0.29, 0.717) is 0 Å². The highest BCUT2D eigenvalue weighted by Gasteiger charge is 1.91. The molecule has 1 rings (SSSR count). The van der Waals surface area contributed by atoms with Gasteiger partial charge in [-0.25, -0.2) is 0 Å². The second kappa shape index (κ2) is 3.41. The van der Waals surface area contributed by atoms with Crippen LogP contribution < -0.4 is 0 Å². The zero-order valence-corrected chi connectivity index (χ0v) is 4.84. The Kier molecular flexibility index (Phi) is 2.36. The predicted molar refractivity (Wildman–Crippen MR) is 29.5 cm³/mol. The molecular weight excluding hydrogens is 104 g/mol. The molecule has 0 aromatic carbocycles. The molecule has 46 valence electrons. The Balaban J connectivity index is 2.17. The SMILES string of the molecule is C1CC/N=N\OCC1. The quantitative estimate of drug-likeness (QED) is 0.470. The standard InChI is InChI=1S/C5H10N2O/c1-2-4-6-7-8-5-3-1/h1-5H2/b7-6-. The molecule has 0 fully saturated rings. The lowest BCUT2D eigenvalue weighted by Crippen LogP contribution is -1.92. The summed E-state index contributed by atoms with van der Waals surface area (Å²) in [5.74, 6) is 0. The lowest BCUT2D eigenvalue weighted by molar-refractivity contribution is 0.112. The van der Waals surface area contributed by atoms with E-state index in [9.17, 15) is 0 Å². The highest BCUT2D eigenvalue weighted by Crippen LogP contribution is 2.00. The van der Waals surface area contributed by atoms with E-state index in [2.05, 4.69) is 10.4 Å². The van der Waals surface area contributed by atoms with Crippen LogP contribution in [0.2, 0.25) is 0 Å². The van der Waals surface area contributed by atoms with E-state index in [1.807, 2.05) is 0 Å². The molecule has 0 radical (unpaired) electrons. The van der Waals surface area contributed by atoms with Gasteiger partial charge in [0.05, 0.1) is 6.54 Å². The lowest BCUT2D eigenvalue weighted by atomic mass is 10.2. The van der Waals surface area contributed by atoms with Crippen molar-refractivity contribution in [2.24, 2.45) is 10.4 Å². The second-order valence-corrected chi connectivity index (χ2v) is 1.84. The van der Waals surface area contributed by atoms with Gasteiger partial charge in [0.25, 0.3) is 0 Å². The summed E-state index contributed by atoms with van der Waals surface area (Å²) in [5, 5.41) is 7.19. The van der Waals surface area contributed by atoms with E-state index in [1.54, 1.807) is 0 Å². The third-order valence-electron chi connectivity index (χ3n) is 1.11. The molecule has 0 aliphatic carbocycles. The molecule has 0 amide bonds. The summed E-state index contributed by atoms with van der Waals surface area (Å²) < 4.78 is 0. The van der Waals surface area contributed by atoms with Gasteiger partial charge in [-0.15, -0.1) is 0 Å². The number of hydrogen-bond donors (Lipinski definition) is 0. The van der Waals surface area contributed by atoms with Crippen LogP contribution in [-0.4, -0.2) is 13.2 Å². The molecule has 3 nitrogen and oxygen atoms in total. The molecule has 0 saturated heterocycles. The molecule has 0 N–H and O–H groups in total. The Morgan fingerprint density at radius 2 is 2.12 bits per heavy atom. The fraction of sp³-hybridized carbons (Fsp3) is 1.00. The minimum absolute atomic E-state index is 0.740. The van der Waals surface area contributed by atoms with Crippen molar-refractivity contribution in [3.05, 3.63) is 0 Å². The van der Waals surface area contributed by atoms with E-state index in [-0.39, 0.29) is 0 Å². The van der Waals surface area contributed by atoms with E-state index in [0.717, 1.165) is 26.0 Å². The fourth-order valence-corrected chi connectivity index (χ4v) is 0.648. The monoisotopic (exact) mass is 114 g/mol. The van der Waals surface area contributed by atoms with E-state index >= 15 is 0 Å². The maximum atomic E-state index is 4.73. The zero-order valence-electron chi connectivity index (χ0n) is 4.84. The van der Waals surface area contributed by atoms with Gasteiger partial charge in [0.2, 0.25) is 0 Å². The number of rotatable bonds is 0. The van der Waals surface area contributed by atoms with Gasteiger partial charge in [-0.2, -0.15) is 5.11 Å². The topological polar surface area (TPSA) is 34.0 Å². The molecule has 0 spiro atoms.